The van der Waals surface area contributed by atoms with E-state index in [1.807, 2.05) is 31.2 Å². The third-order valence-electron chi connectivity index (χ3n) is 7.18. The van der Waals surface area contributed by atoms with Gasteiger partial charge in [0, 0.05) is 24.0 Å². The second-order valence-electron chi connectivity index (χ2n) is 10.7. The number of unbranched alkanes of at least 4 members (excludes halogenated alkanes) is 15. The minimum Gasteiger partial charge on any atom is -0.508 e. The van der Waals surface area contributed by atoms with Crippen molar-refractivity contribution in [1.29, 1.82) is 0 Å². The summed E-state index contributed by atoms with van der Waals surface area (Å²) in [5, 5.41) is 15.8. The molecule has 2 aromatic carbocycles. The summed E-state index contributed by atoms with van der Waals surface area (Å²) in [5.41, 5.74) is 3.61. The molecule has 4 nitrogen and oxygen atoms in total. The lowest BCUT2D eigenvalue weighted by Gasteiger charge is -2.08. The van der Waals surface area contributed by atoms with Crippen LogP contribution in [0.4, 0.5) is 11.4 Å². The van der Waals surface area contributed by atoms with Crippen molar-refractivity contribution in [2.45, 2.75) is 117 Å². The van der Waals surface area contributed by atoms with Crippen LogP contribution in [0.25, 0.3) is 5.57 Å². The summed E-state index contributed by atoms with van der Waals surface area (Å²) in [5.74, 6) is 0.0546. The second kappa shape index (κ2) is 20.2. The molecule has 4 heteroatoms. The molecular formula is C34H52N2O2. The van der Waals surface area contributed by atoms with E-state index in [1.54, 1.807) is 30.3 Å². The number of aromatic hydroxyl groups is 1. The smallest absolute Gasteiger partial charge is 0.248 e. The van der Waals surface area contributed by atoms with Gasteiger partial charge in [0.2, 0.25) is 5.91 Å². The van der Waals surface area contributed by atoms with Crippen molar-refractivity contribution >= 4 is 22.9 Å². The van der Waals surface area contributed by atoms with Crippen molar-refractivity contribution in [2.24, 2.45) is 0 Å². The summed E-state index contributed by atoms with van der Waals surface area (Å²) < 4.78 is 0. The maximum Gasteiger partial charge on any atom is 0.248 e. The number of hydrogen-bond donors (Lipinski definition) is 3. The molecule has 0 aromatic heterocycles. The first-order valence-corrected chi connectivity index (χ1v) is 15.2. The third-order valence-corrected chi connectivity index (χ3v) is 7.18. The lowest BCUT2D eigenvalue weighted by molar-refractivity contribution is -0.111. The lowest BCUT2D eigenvalue weighted by Crippen LogP contribution is -2.08. The second-order valence-corrected chi connectivity index (χ2v) is 10.7. The van der Waals surface area contributed by atoms with Crippen molar-refractivity contribution in [3.05, 3.63) is 60.2 Å². The number of phenolic OH excluding ortho intramolecular Hbond substituents is 1. The standard InChI is InChI=1S/C34H52N2O2/c1-3-4-5-6-7-8-9-10-11-12-13-14-15-16-17-18-27-35-31-21-23-32(24-22-31)36-34(38)28-29(2)30-19-25-33(37)26-20-30/h19-26,28,35,37H,3-18,27H2,1-2H3,(H,36,38). The van der Waals surface area contributed by atoms with Gasteiger partial charge in [0.05, 0.1) is 0 Å². The molecule has 0 radical (unpaired) electrons. The molecule has 2 aromatic rings. The minimum atomic E-state index is -0.163. The Morgan fingerprint density at radius 1 is 0.658 bits per heavy atom. The Morgan fingerprint density at radius 3 is 1.61 bits per heavy atom. The maximum atomic E-state index is 12.3. The number of amides is 1. The molecule has 210 valence electrons. The lowest BCUT2D eigenvalue weighted by atomic mass is 10.0. The fourth-order valence-corrected chi connectivity index (χ4v) is 4.76. The first-order valence-electron chi connectivity index (χ1n) is 15.2. The van der Waals surface area contributed by atoms with E-state index in [2.05, 4.69) is 17.6 Å². The molecule has 1 amide bonds. The fourth-order valence-electron chi connectivity index (χ4n) is 4.76. The van der Waals surface area contributed by atoms with Crippen molar-refractivity contribution < 1.29 is 9.90 Å². The average molecular weight is 521 g/mol. The molecule has 0 unspecified atom stereocenters. The molecule has 0 bridgehead atoms. The molecule has 0 atom stereocenters. The molecular weight excluding hydrogens is 468 g/mol. The van der Waals surface area contributed by atoms with Crippen molar-refractivity contribution in [3.63, 3.8) is 0 Å². The van der Waals surface area contributed by atoms with E-state index in [9.17, 15) is 9.90 Å². The highest BCUT2D eigenvalue weighted by Crippen LogP contribution is 2.19. The Bertz CT molecular complexity index is 903. The van der Waals surface area contributed by atoms with Crippen LogP contribution in [-0.4, -0.2) is 17.6 Å². The number of carbonyl (C=O) groups is 1. The van der Waals surface area contributed by atoms with Crippen LogP contribution in [0.5, 0.6) is 5.75 Å². The van der Waals surface area contributed by atoms with Crippen LogP contribution in [0.15, 0.2) is 54.6 Å². The Balaban J connectivity index is 1.45. The van der Waals surface area contributed by atoms with E-state index >= 15 is 0 Å². The molecule has 0 saturated carbocycles. The highest BCUT2D eigenvalue weighted by molar-refractivity contribution is 6.03. The molecule has 0 saturated heterocycles. The van der Waals surface area contributed by atoms with Gasteiger partial charge in [0.15, 0.2) is 0 Å². The van der Waals surface area contributed by atoms with E-state index < -0.39 is 0 Å². The summed E-state index contributed by atoms with van der Waals surface area (Å²) >= 11 is 0. The molecule has 0 aliphatic carbocycles. The molecule has 0 aliphatic rings. The van der Waals surface area contributed by atoms with Crippen LogP contribution < -0.4 is 10.6 Å². The Morgan fingerprint density at radius 2 is 1.11 bits per heavy atom. The number of allylic oxidation sites excluding steroid dienone is 1. The Kier molecular flexibility index (Phi) is 16.8. The SMILES string of the molecule is CCCCCCCCCCCCCCCCCCNc1ccc(NC(=O)C=C(C)c2ccc(O)cc2)cc1. The topological polar surface area (TPSA) is 61.4 Å². The van der Waals surface area contributed by atoms with Gasteiger partial charge < -0.3 is 15.7 Å². The largest absolute Gasteiger partial charge is 0.508 e. The van der Waals surface area contributed by atoms with E-state index in [1.165, 1.54) is 103 Å². The zero-order chi connectivity index (χ0) is 27.3. The van der Waals surface area contributed by atoms with Crippen LogP contribution >= 0.6 is 0 Å². The number of carbonyl (C=O) groups excluding carboxylic acids is 1. The predicted molar refractivity (Wildman–Crippen MR) is 165 cm³/mol. The Labute approximate surface area is 232 Å². The van der Waals surface area contributed by atoms with Gasteiger partial charge in [0.1, 0.15) is 5.75 Å². The molecule has 3 N–H and O–H groups in total. The van der Waals surface area contributed by atoms with E-state index in [4.69, 9.17) is 0 Å². The zero-order valence-corrected chi connectivity index (χ0v) is 24.1. The fraction of sp³-hybridized carbons (Fsp3) is 0.559. The van der Waals surface area contributed by atoms with E-state index in [-0.39, 0.29) is 11.7 Å². The monoisotopic (exact) mass is 520 g/mol. The van der Waals surface area contributed by atoms with Gasteiger partial charge in [-0.25, -0.2) is 0 Å². The molecule has 38 heavy (non-hydrogen) atoms. The van der Waals surface area contributed by atoms with E-state index in [0.29, 0.717) is 0 Å². The summed E-state index contributed by atoms with van der Waals surface area (Å²) in [4.78, 5) is 12.3. The van der Waals surface area contributed by atoms with Crippen LogP contribution in [-0.2, 0) is 4.79 Å². The predicted octanol–water partition coefficient (Wildman–Crippen LogP) is 10.1. The van der Waals surface area contributed by atoms with Crippen molar-refractivity contribution in [1.82, 2.24) is 0 Å². The van der Waals surface area contributed by atoms with Gasteiger partial charge in [-0.3, -0.25) is 4.79 Å². The number of phenols is 1. The average Bonchev–Trinajstić information content (AvgIpc) is 2.91. The quantitative estimate of drug-likeness (QED) is 0.113. The van der Waals surface area contributed by atoms with Gasteiger partial charge >= 0.3 is 0 Å². The maximum absolute atomic E-state index is 12.3. The highest BCUT2D eigenvalue weighted by Gasteiger charge is 2.03. The summed E-state index contributed by atoms with van der Waals surface area (Å²) in [6, 6.07) is 14.7. The van der Waals surface area contributed by atoms with Gasteiger partial charge in [-0.1, -0.05) is 115 Å². The van der Waals surface area contributed by atoms with E-state index in [0.717, 1.165) is 29.1 Å². The van der Waals surface area contributed by atoms with Gasteiger partial charge in [0.25, 0.3) is 0 Å². The Hall–Kier alpha value is -2.75. The van der Waals surface area contributed by atoms with Gasteiger partial charge in [-0.2, -0.15) is 0 Å². The van der Waals surface area contributed by atoms with Gasteiger partial charge in [-0.15, -0.1) is 0 Å². The summed E-state index contributed by atoms with van der Waals surface area (Å²) in [7, 11) is 0. The van der Waals surface area contributed by atoms with Crippen molar-refractivity contribution in [3.8, 4) is 5.75 Å². The summed E-state index contributed by atoms with van der Waals surface area (Å²) in [6.45, 7) is 5.16. The normalized spacial score (nSPS) is 11.5. The number of hydrogen-bond acceptors (Lipinski definition) is 3. The third kappa shape index (κ3) is 14.9. The number of benzene rings is 2. The number of anilines is 2. The molecule has 2 rings (SSSR count). The van der Waals surface area contributed by atoms with Crippen LogP contribution in [0.1, 0.15) is 122 Å². The molecule has 0 heterocycles. The zero-order valence-electron chi connectivity index (χ0n) is 24.1. The molecule has 0 aliphatic heterocycles. The number of rotatable bonds is 21. The van der Waals surface area contributed by atoms with Crippen LogP contribution in [0.3, 0.4) is 0 Å². The summed E-state index contributed by atoms with van der Waals surface area (Å²) in [6.07, 6.45) is 23.8. The van der Waals surface area contributed by atoms with Crippen LogP contribution in [0.2, 0.25) is 0 Å². The van der Waals surface area contributed by atoms with Crippen molar-refractivity contribution in [2.75, 3.05) is 17.2 Å². The van der Waals surface area contributed by atoms with Crippen LogP contribution in [0, 0.1) is 0 Å². The minimum absolute atomic E-state index is 0.163. The first kappa shape index (κ1) is 31.5. The van der Waals surface area contributed by atoms with Gasteiger partial charge in [-0.05, 0) is 60.9 Å². The molecule has 0 spiro atoms. The molecule has 0 fully saturated rings. The highest BCUT2D eigenvalue weighted by atomic mass is 16.3. The first-order chi connectivity index (χ1) is 18.6. The number of nitrogens with one attached hydrogen (secondary N) is 2.